The largest absolute Gasteiger partial charge is 0.360 e. The molecule has 2 nitrogen and oxygen atoms in total. The monoisotopic (exact) mass is 251 g/mol. The van der Waals surface area contributed by atoms with Crippen molar-refractivity contribution in [2.75, 3.05) is 0 Å². The van der Waals surface area contributed by atoms with Crippen LogP contribution in [0.4, 0.5) is 0 Å². The molecular weight excluding hydrogens is 234 g/mol. The van der Waals surface area contributed by atoms with Crippen molar-refractivity contribution < 1.29 is 4.52 Å². The molecule has 3 fully saturated rings. The Hall–Kier alpha value is -0.500. The summed E-state index contributed by atoms with van der Waals surface area (Å²) in [6, 6.07) is 0. The van der Waals surface area contributed by atoms with Crippen LogP contribution in [0.1, 0.15) is 67.4 Å². The molecule has 3 aliphatic rings. The van der Waals surface area contributed by atoms with Gasteiger partial charge in [-0.3, -0.25) is 0 Å². The maximum Gasteiger partial charge on any atom is 0.144 e. The third-order valence-electron chi connectivity index (χ3n) is 4.86. The summed E-state index contributed by atoms with van der Waals surface area (Å²) in [6.45, 7) is 0. The maximum absolute atomic E-state index is 6.12. The lowest BCUT2D eigenvalue weighted by Crippen LogP contribution is -2.09. The number of hydrogen-bond acceptors (Lipinski definition) is 2. The second-order valence-electron chi connectivity index (χ2n) is 6.08. The van der Waals surface area contributed by atoms with Gasteiger partial charge in [0, 0.05) is 17.4 Å². The summed E-state index contributed by atoms with van der Waals surface area (Å²) in [5, 5.41) is 4.37. The van der Waals surface area contributed by atoms with Crippen LogP contribution in [0.5, 0.6) is 0 Å². The van der Waals surface area contributed by atoms with Crippen molar-refractivity contribution in [2.24, 2.45) is 11.8 Å². The van der Waals surface area contributed by atoms with Gasteiger partial charge in [-0.2, -0.15) is 0 Å². The molecule has 3 atom stereocenters. The molecule has 0 radical (unpaired) electrons. The lowest BCUT2D eigenvalue weighted by atomic mass is 9.85. The second kappa shape index (κ2) is 3.74. The van der Waals surface area contributed by atoms with E-state index in [1.54, 1.807) is 0 Å². The van der Waals surface area contributed by atoms with Crippen molar-refractivity contribution >= 4 is 11.6 Å². The molecule has 1 aromatic rings. The van der Waals surface area contributed by atoms with E-state index in [0.29, 0.717) is 17.7 Å². The smallest absolute Gasteiger partial charge is 0.144 e. The highest BCUT2D eigenvalue weighted by Gasteiger charge is 2.44. The topological polar surface area (TPSA) is 26.0 Å². The summed E-state index contributed by atoms with van der Waals surface area (Å²) in [6.07, 6.45) is 7.98. The number of fused-ring (bicyclic) bond motifs is 1. The standard InChI is InChI=1S/C14H18ClNO/c15-7-12-13(16-17-14(12)8-1-2-8)10-4-3-9-5-11(9)6-10/h8-11H,1-7H2/t9-,10?,11-/m0/s1. The van der Waals surface area contributed by atoms with Gasteiger partial charge in [0.2, 0.25) is 0 Å². The summed E-state index contributed by atoms with van der Waals surface area (Å²) in [5.41, 5.74) is 2.44. The van der Waals surface area contributed by atoms with Crippen LogP contribution >= 0.6 is 11.6 Å². The first-order valence-corrected chi connectivity index (χ1v) is 7.44. The van der Waals surface area contributed by atoms with Crippen LogP contribution in [0.25, 0.3) is 0 Å². The van der Waals surface area contributed by atoms with Crippen LogP contribution < -0.4 is 0 Å². The molecule has 4 rings (SSSR count). The maximum atomic E-state index is 6.12. The Bertz CT molecular complexity index is 437. The quantitative estimate of drug-likeness (QED) is 0.753. The zero-order valence-corrected chi connectivity index (χ0v) is 10.7. The lowest BCUT2D eigenvalue weighted by Gasteiger charge is -2.19. The fourth-order valence-electron chi connectivity index (χ4n) is 3.56. The van der Waals surface area contributed by atoms with Gasteiger partial charge in [-0.15, -0.1) is 11.6 Å². The van der Waals surface area contributed by atoms with Gasteiger partial charge in [0.1, 0.15) is 5.76 Å². The zero-order chi connectivity index (χ0) is 11.4. The third-order valence-corrected chi connectivity index (χ3v) is 5.13. The van der Waals surface area contributed by atoms with Gasteiger partial charge < -0.3 is 4.52 Å². The van der Waals surface area contributed by atoms with Crippen LogP contribution in [0.3, 0.4) is 0 Å². The number of alkyl halides is 1. The van der Waals surface area contributed by atoms with E-state index < -0.39 is 0 Å². The Morgan fingerprint density at radius 2 is 1.88 bits per heavy atom. The first-order chi connectivity index (χ1) is 8.36. The number of rotatable bonds is 3. The van der Waals surface area contributed by atoms with E-state index in [9.17, 15) is 0 Å². The normalized spacial score (nSPS) is 35.7. The van der Waals surface area contributed by atoms with Crippen molar-refractivity contribution in [1.82, 2.24) is 5.16 Å². The number of hydrogen-bond donors (Lipinski definition) is 0. The molecule has 1 heterocycles. The average Bonchev–Trinajstić information content (AvgIpc) is 3.25. The van der Waals surface area contributed by atoms with Gasteiger partial charge in [-0.1, -0.05) is 5.16 Å². The minimum absolute atomic E-state index is 0.579. The molecule has 0 amide bonds. The molecule has 3 saturated carbocycles. The van der Waals surface area contributed by atoms with E-state index in [1.807, 2.05) is 0 Å². The van der Waals surface area contributed by atoms with Crippen LogP contribution in [-0.2, 0) is 5.88 Å². The molecule has 0 N–H and O–H groups in total. The molecule has 1 unspecified atom stereocenters. The Kier molecular flexibility index (Phi) is 2.30. The van der Waals surface area contributed by atoms with Crippen molar-refractivity contribution in [1.29, 1.82) is 0 Å². The van der Waals surface area contributed by atoms with E-state index in [0.717, 1.165) is 17.6 Å². The molecule has 0 bridgehead atoms. The lowest BCUT2D eigenvalue weighted by molar-refractivity contribution is 0.355. The summed E-state index contributed by atoms with van der Waals surface area (Å²) in [5.74, 6) is 4.97. The average molecular weight is 252 g/mol. The van der Waals surface area contributed by atoms with Crippen LogP contribution in [0.15, 0.2) is 4.52 Å². The predicted molar refractivity (Wildman–Crippen MR) is 66.2 cm³/mol. The summed E-state index contributed by atoms with van der Waals surface area (Å²) in [7, 11) is 0. The fraction of sp³-hybridized carbons (Fsp3) is 0.786. The minimum atomic E-state index is 0.579. The summed E-state index contributed by atoms with van der Waals surface area (Å²) >= 11 is 6.12. The van der Waals surface area contributed by atoms with Gasteiger partial charge >= 0.3 is 0 Å². The molecule has 1 aromatic heterocycles. The number of halogens is 1. The van der Waals surface area contributed by atoms with E-state index >= 15 is 0 Å². The van der Waals surface area contributed by atoms with Crippen LogP contribution in [0.2, 0.25) is 0 Å². The molecule has 3 heteroatoms. The Morgan fingerprint density at radius 1 is 1.06 bits per heavy atom. The first kappa shape index (κ1) is 10.4. The van der Waals surface area contributed by atoms with Crippen LogP contribution in [-0.4, -0.2) is 5.16 Å². The van der Waals surface area contributed by atoms with E-state index in [1.165, 1.54) is 49.8 Å². The van der Waals surface area contributed by atoms with Crippen molar-refractivity contribution in [3.63, 3.8) is 0 Å². The molecular formula is C14H18ClNO. The predicted octanol–water partition coefficient (Wildman–Crippen LogP) is 4.19. The van der Waals surface area contributed by atoms with Crippen molar-refractivity contribution in [3.05, 3.63) is 17.0 Å². The van der Waals surface area contributed by atoms with E-state index in [4.69, 9.17) is 16.1 Å². The molecule has 17 heavy (non-hydrogen) atoms. The molecule has 0 aromatic carbocycles. The van der Waals surface area contributed by atoms with E-state index in [-0.39, 0.29) is 0 Å². The highest BCUT2D eigenvalue weighted by Crippen LogP contribution is 2.54. The number of aromatic nitrogens is 1. The van der Waals surface area contributed by atoms with Gasteiger partial charge in [-0.25, -0.2) is 0 Å². The molecule has 92 valence electrons. The Labute approximate surface area is 107 Å². The van der Waals surface area contributed by atoms with Crippen molar-refractivity contribution in [2.45, 2.75) is 56.2 Å². The molecule has 3 aliphatic carbocycles. The SMILES string of the molecule is ClCc1c(C2CC[C@H]3C[C@H]3C2)noc1C1CC1. The van der Waals surface area contributed by atoms with Crippen LogP contribution in [0, 0.1) is 11.8 Å². The highest BCUT2D eigenvalue weighted by atomic mass is 35.5. The molecule has 0 saturated heterocycles. The van der Waals surface area contributed by atoms with E-state index in [2.05, 4.69) is 5.16 Å². The Morgan fingerprint density at radius 3 is 2.59 bits per heavy atom. The Balaban J connectivity index is 1.63. The summed E-state index contributed by atoms with van der Waals surface area (Å²) in [4.78, 5) is 0. The molecule has 0 aliphatic heterocycles. The molecule has 0 spiro atoms. The zero-order valence-electron chi connectivity index (χ0n) is 9.99. The van der Waals surface area contributed by atoms with Gasteiger partial charge in [0.05, 0.1) is 11.6 Å². The third kappa shape index (κ3) is 1.72. The van der Waals surface area contributed by atoms with Crippen molar-refractivity contribution in [3.8, 4) is 0 Å². The highest BCUT2D eigenvalue weighted by molar-refractivity contribution is 6.17. The van der Waals surface area contributed by atoms with Gasteiger partial charge in [-0.05, 0) is 50.4 Å². The number of nitrogens with zero attached hydrogens (tertiary/aromatic N) is 1. The fourth-order valence-corrected chi connectivity index (χ4v) is 3.82. The first-order valence-electron chi connectivity index (χ1n) is 6.91. The van der Waals surface area contributed by atoms with Gasteiger partial charge in [0.15, 0.2) is 0 Å². The van der Waals surface area contributed by atoms with Gasteiger partial charge in [0.25, 0.3) is 0 Å². The minimum Gasteiger partial charge on any atom is -0.360 e. The second-order valence-corrected chi connectivity index (χ2v) is 6.35. The summed E-state index contributed by atoms with van der Waals surface area (Å²) < 4.78 is 5.58.